The molecule has 2 rings (SSSR count). The van der Waals surface area contributed by atoms with Crippen molar-refractivity contribution in [2.75, 3.05) is 26.3 Å². The van der Waals surface area contributed by atoms with Crippen LogP contribution in [0.25, 0.3) is 5.53 Å². The van der Waals surface area contributed by atoms with E-state index < -0.39 is 0 Å². The van der Waals surface area contributed by atoms with Crippen LogP contribution in [-0.4, -0.2) is 48.0 Å². The number of carbonyl (C=O) groups is 1. The second-order valence-electron chi connectivity index (χ2n) is 4.63. The Kier molecular flexibility index (Phi) is 4.58. The molecular weight excluding hydrogens is 242 g/mol. The molecule has 0 bridgehead atoms. The number of hydrogen-bond acceptors (Lipinski definition) is 3. The Bertz CT molecular complexity index is 515. The van der Waals surface area contributed by atoms with Gasteiger partial charge in [0.25, 0.3) is 0 Å². The minimum absolute atomic E-state index is 0.0585. The minimum Gasteiger partial charge on any atom is -0.379 e. The molecule has 1 aromatic rings. The third kappa shape index (κ3) is 3.35. The Labute approximate surface area is 112 Å². The zero-order valence-corrected chi connectivity index (χ0v) is 11.0. The topological polar surface area (TPSA) is 65.9 Å². The van der Waals surface area contributed by atoms with Crippen molar-refractivity contribution < 1.29 is 14.3 Å². The molecule has 1 aliphatic rings. The first-order valence-corrected chi connectivity index (χ1v) is 6.32. The van der Waals surface area contributed by atoms with Crippen LogP contribution in [0.4, 0.5) is 0 Å². The van der Waals surface area contributed by atoms with Crippen molar-refractivity contribution >= 4 is 12.0 Å². The van der Waals surface area contributed by atoms with Gasteiger partial charge in [0, 0.05) is 19.6 Å². The third-order valence-electron chi connectivity index (χ3n) is 3.36. The van der Waals surface area contributed by atoms with Gasteiger partial charge in [-0.2, -0.15) is 4.79 Å². The second kappa shape index (κ2) is 6.38. The lowest BCUT2D eigenvalue weighted by atomic mass is 10.0. The van der Waals surface area contributed by atoms with Crippen LogP contribution >= 0.6 is 0 Å². The first-order chi connectivity index (χ1) is 9.24. The highest BCUT2D eigenvalue weighted by Gasteiger charge is 2.15. The van der Waals surface area contributed by atoms with Crippen molar-refractivity contribution in [2.24, 2.45) is 0 Å². The second-order valence-corrected chi connectivity index (χ2v) is 4.63. The van der Waals surface area contributed by atoms with Crippen LogP contribution in [0.3, 0.4) is 0 Å². The highest BCUT2D eigenvalue weighted by molar-refractivity contribution is 6.33. The summed E-state index contributed by atoms with van der Waals surface area (Å²) in [7, 11) is 0. The number of rotatable bonds is 4. The molecule has 100 valence electrons. The van der Waals surface area contributed by atoms with E-state index in [2.05, 4.69) is 9.69 Å². The van der Waals surface area contributed by atoms with Crippen molar-refractivity contribution in [3.8, 4) is 0 Å². The lowest BCUT2D eigenvalue weighted by molar-refractivity contribution is -0.106. The van der Waals surface area contributed by atoms with E-state index in [4.69, 9.17) is 10.3 Å². The number of benzene rings is 1. The standard InChI is InChI=1S/C14H17N3O2/c1-11-2-3-12(14(10-18)16-15)8-13(11)9-17-4-6-19-7-5-17/h2-3,8,10H,4-7,9H2,1H3. The molecule has 1 aliphatic heterocycles. The summed E-state index contributed by atoms with van der Waals surface area (Å²) in [5.41, 5.74) is 11.8. The lowest BCUT2D eigenvalue weighted by Gasteiger charge is -2.27. The van der Waals surface area contributed by atoms with E-state index in [0.29, 0.717) is 11.8 Å². The van der Waals surface area contributed by atoms with Crippen LogP contribution in [0.1, 0.15) is 16.7 Å². The number of morpholine rings is 1. The average Bonchev–Trinajstić information content (AvgIpc) is 2.45. The molecule has 0 amide bonds. The Morgan fingerprint density at radius 3 is 2.84 bits per heavy atom. The van der Waals surface area contributed by atoms with Crippen LogP contribution in [-0.2, 0) is 16.1 Å². The average molecular weight is 259 g/mol. The largest absolute Gasteiger partial charge is 0.379 e. The molecule has 0 aromatic heterocycles. The maximum absolute atomic E-state index is 10.8. The van der Waals surface area contributed by atoms with E-state index in [-0.39, 0.29) is 5.71 Å². The Morgan fingerprint density at radius 1 is 1.47 bits per heavy atom. The Hall–Kier alpha value is -1.81. The van der Waals surface area contributed by atoms with E-state index in [0.717, 1.165) is 38.4 Å². The van der Waals surface area contributed by atoms with Gasteiger partial charge < -0.3 is 10.3 Å². The Morgan fingerprint density at radius 2 is 2.21 bits per heavy atom. The van der Waals surface area contributed by atoms with E-state index >= 15 is 0 Å². The summed E-state index contributed by atoms with van der Waals surface area (Å²) in [5, 5.41) is 0. The first kappa shape index (κ1) is 13.6. The number of ether oxygens (including phenoxy) is 1. The van der Waals surface area contributed by atoms with Gasteiger partial charge in [-0.1, -0.05) is 6.07 Å². The molecule has 1 aromatic carbocycles. The minimum atomic E-state index is 0.0585. The van der Waals surface area contributed by atoms with Crippen molar-refractivity contribution in [2.45, 2.75) is 13.5 Å². The summed E-state index contributed by atoms with van der Waals surface area (Å²) < 4.78 is 5.32. The number of carbonyl (C=O) groups excluding carboxylic acids is 1. The van der Waals surface area contributed by atoms with E-state index in [1.54, 1.807) is 6.07 Å². The number of aryl methyl sites for hydroxylation is 1. The summed E-state index contributed by atoms with van der Waals surface area (Å²) in [5.74, 6) is 0. The molecule has 1 saturated heterocycles. The maximum Gasteiger partial charge on any atom is 0.361 e. The number of nitrogens with zero attached hydrogens (tertiary/aromatic N) is 3. The molecule has 1 fully saturated rings. The zero-order valence-electron chi connectivity index (χ0n) is 11.0. The molecule has 1 heterocycles. The van der Waals surface area contributed by atoms with Gasteiger partial charge in [-0.05, 0) is 30.2 Å². The highest BCUT2D eigenvalue weighted by atomic mass is 16.5. The number of aldehydes is 1. The van der Waals surface area contributed by atoms with E-state index in [9.17, 15) is 4.79 Å². The van der Waals surface area contributed by atoms with Crippen LogP contribution in [0.15, 0.2) is 18.2 Å². The van der Waals surface area contributed by atoms with Gasteiger partial charge in [-0.15, -0.1) is 0 Å². The van der Waals surface area contributed by atoms with Crippen molar-refractivity contribution in [1.29, 1.82) is 0 Å². The lowest BCUT2D eigenvalue weighted by Crippen LogP contribution is -2.35. The molecule has 0 spiro atoms. The quantitative estimate of drug-likeness (QED) is 0.351. The SMILES string of the molecule is Cc1ccc(C(C=O)=[N+]=[N-])cc1CN1CCOCC1. The normalized spacial score (nSPS) is 15.8. The van der Waals surface area contributed by atoms with Gasteiger partial charge in [-0.25, -0.2) is 0 Å². The van der Waals surface area contributed by atoms with Gasteiger partial charge in [0.15, 0.2) is 0 Å². The molecule has 0 unspecified atom stereocenters. The smallest absolute Gasteiger partial charge is 0.361 e. The van der Waals surface area contributed by atoms with Crippen molar-refractivity contribution in [3.05, 3.63) is 40.4 Å². The molecule has 0 atom stereocenters. The maximum atomic E-state index is 10.8. The van der Waals surface area contributed by atoms with Crippen LogP contribution < -0.4 is 0 Å². The van der Waals surface area contributed by atoms with Gasteiger partial charge in [0.2, 0.25) is 6.29 Å². The number of hydrogen-bond donors (Lipinski definition) is 0. The zero-order chi connectivity index (χ0) is 13.7. The van der Waals surface area contributed by atoms with Gasteiger partial charge in [0.05, 0.1) is 18.8 Å². The van der Waals surface area contributed by atoms with Gasteiger partial charge in [0.1, 0.15) is 0 Å². The third-order valence-corrected chi connectivity index (χ3v) is 3.36. The molecule has 0 N–H and O–H groups in total. The van der Waals surface area contributed by atoms with Crippen LogP contribution in [0.2, 0.25) is 0 Å². The molecule has 19 heavy (non-hydrogen) atoms. The van der Waals surface area contributed by atoms with Crippen LogP contribution in [0.5, 0.6) is 0 Å². The summed E-state index contributed by atoms with van der Waals surface area (Å²) in [6.07, 6.45) is 0.559. The monoisotopic (exact) mass is 259 g/mol. The highest BCUT2D eigenvalue weighted by Crippen LogP contribution is 2.14. The van der Waals surface area contributed by atoms with Gasteiger partial charge in [-0.3, -0.25) is 9.69 Å². The van der Waals surface area contributed by atoms with Gasteiger partial charge >= 0.3 is 5.71 Å². The van der Waals surface area contributed by atoms with E-state index in [1.165, 1.54) is 5.56 Å². The van der Waals surface area contributed by atoms with Crippen molar-refractivity contribution in [1.82, 2.24) is 4.90 Å². The summed E-state index contributed by atoms with van der Waals surface area (Å²) in [6.45, 7) is 6.21. The molecule has 0 radical (unpaired) electrons. The molecule has 0 aliphatic carbocycles. The molecule has 0 saturated carbocycles. The fraction of sp³-hybridized carbons (Fsp3) is 0.429. The van der Waals surface area contributed by atoms with Crippen molar-refractivity contribution in [3.63, 3.8) is 0 Å². The summed E-state index contributed by atoms with van der Waals surface area (Å²) in [6, 6.07) is 5.65. The van der Waals surface area contributed by atoms with Crippen LogP contribution in [0, 0.1) is 6.92 Å². The fourth-order valence-electron chi connectivity index (χ4n) is 2.15. The Balaban J connectivity index is 2.21. The summed E-state index contributed by atoms with van der Waals surface area (Å²) in [4.78, 5) is 16.1. The summed E-state index contributed by atoms with van der Waals surface area (Å²) >= 11 is 0. The molecular formula is C14H17N3O2. The predicted octanol–water partition coefficient (Wildman–Crippen LogP) is 1.05. The van der Waals surface area contributed by atoms with E-state index in [1.807, 2.05) is 19.1 Å². The molecule has 5 heteroatoms. The molecule has 5 nitrogen and oxygen atoms in total. The first-order valence-electron chi connectivity index (χ1n) is 6.32. The predicted molar refractivity (Wildman–Crippen MR) is 71.1 cm³/mol. The fourth-order valence-corrected chi connectivity index (χ4v) is 2.15.